The summed E-state index contributed by atoms with van der Waals surface area (Å²) in [6.45, 7) is 2.75. The monoisotopic (exact) mass is 232 g/mol. The van der Waals surface area contributed by atoms with E-state index in [9.17, 15) is 0 Å². The summed E-state index contributed by atoms with van der Waals surface area (Å²) in [5.74, 6) is 0. The third-order valence-electron chi connectivity index (χ3n) is 2.96. The molecule has 2 rings (SSSR count). The number of hydrogen-bond donors (Lipinski definition) is 1. The average Bonchev–Trinajstić information content (AvgIpc) is 2.73. The molecule has 0 aliphatic heterocycles. The minimum absolute atomic E-state index is 0.817. The fraction of sp³-hybridized carbons (Fsp3) is 0.429. The summed E-state index contributed by atoms with van der Waals surface area (Å²) in [7, 11) is 3.72. The predicted molar refractivity (Wildman–Crippen MR) is 71.2 cm³/mol. The summed E-state index contributed by atoms with van der Waals surface area (Å²) in [4.78, 5) is 0. The molecule has 0 unspecified atom stereocenters. The fourth-order valence-electron chi connectivity index (χ4n) is 2.14. The summed E-state index contributed by atoms with van der Waals surface area (Å²) in [6, 6.07) is 8.82. The summed E-state index contributed by atoms with van der Waals surface area (Å²) < 4.78 is 7.37. The molecule has 1 aromatic carbocycles. The van der Waals surface area contributed by atoms with Crippen molar-refractivity contribution < 1.29 is 4.74 Å². The molecule has 0 spiro atoms. The van der Waals surface area contributed by atoms with E-state index < -0.39 is 0 Å². The molecule has 1 heterocycles. The molecule has 0 aliphatic rings. The Morgan fingerprint density at radius 2 is 2.18 bits per heavy atom. The van der Waals surface area contributed by atoms with Crippen molar-refractivity contribution >= 4 is 10.9 Å². The van der Waals surface area contributed by atoms with Crippen molar-refractivity contribution in [1.29, 1.82) is 0 Å². The molecule has 0 amide bonds. The molecular formula is C14H20N2O. The number of nitrogens with one attached hydrogen (secondary N) is 1. The second kappa shape index (κ2) is 5.84. The van der Waals surface area contributed by atoms with Gasteiger partial charge in [-0.3, -0.25) is 0 Å². The van der Waals surface area contributed by atoms with Crippen molar-refractivity contribution in [3.8, 4) is 0 Å². The molecule has 3 nitrogen and oxygen atoms in total. The zero-order valence-corrected chi connectivity index (χ0v) is 10.6. The minimum atomic E-state index is 0.817. The third kappa shape index (κ3) is 2.87. The summed E-state index contributed by atoms with van der Waals surface area (Å²) in [5.41, 5.74) is 2.63. The van der Waals surface area contributed by atoms with Crippen LogP contribution in [0.2, 0.25) is 0 Å². The lowest BCUT2D eigenvalue weighted by molar-refractivity contribution is 0.190. The second-order valence-corrected chi connectivity index (χ2v) is 4.28. The highest BCUT2D eigenvalue weighted by Crippen LogP contribution is 2.18. The van der Waals surface area contributed by atoms with Gasteiger partial charge in [-0.2, -0.15) is 0 Å². The van der Waals surface area contributed by atoms with Gasteiger partial charge in [-0.25, -0.2) is 0 Å². The minimum Gasteiger partial charge on any atom is -0.385 e. The van der Waals surface area contributed by atoms with E-state index in [1.165, 1.54) is 16.5 Å². The number of fused-ring (bicyclic) bond motifs is 1. The predicted octanol–water partition coefficient (Wildman–Crippen LogP) is 2.40. The number of aromatic nitrogens is 1. The molecule has 0 bridgehead atoms. The zero-order valence-electron chi connectivity index (χ0n) is 10.6. The lowest BCUT2D eigenvalue weighted by Gasteiger charge is -2.06. The van der Waals surface area contributed by atoms with Gasteiger partial charge in [0.1, 0.15) is 0 Å². The van der Waals surface area contributed by atoms with Gasteiger partial charge in [0.25, 0.3) is 0 Å². The van der Waals surface area contributed by atoms with Gasteiger partial charge in [0.2, 0.25) is 0 Å². The number of aryl methyl sites for hydroxylation is 1. The SMILES string of the molecule is CNCc1ccc2c(ccn2CCCOC)c1. The molecule has 1 aromatic heterocycles. The Kier molecular flexibility index (Phi) is 4.18. The Morgan fingerprint density at radius 3 is 2.94 bits per heavy atom. The number of hydrogen-bond acceptors (Lipinski definition) is 2. The van der Waals surface area contributed by atoms with Gasteiger partial charge in [-0.1, -0.05) is 6.07 Å². The normalized spacial score (nSPS) is 11.2. The lowest BCUT2D eigenvalue weighted by atomic mass is 10.1. The summed E-state index contributed by atoms with van der Waals surface area (Å²) in [5, 5.41) is 4.49. The highest BCUT2D eigenvalue weighted by atomic mass is 16.5. The molecule has 0 atom stereocenters. The number of benzene rings is 1. The van der Waals surface area contributed by atoms with Crippen LogP contribution < -0.4 is 5.32 Å². The molecule has 0 saturated heterocycles. The molecular weight excluding hydrogens is 212 g/mol. The van der Waals surface area contributed by atoms with Crippen LogP contribution >= 0.6 is 0 Å². The number of rotatable bonds is 6. The molecule has 1 N–H and O–H groups in total. The van der Waals surface area contributed by atoms with Crippen molar-refractivity contribution in [2.45, 2.75) is 19.5 Å². The standard InChI is InChI=1S/C14H20N2O/c1-15-11-12-4-5-14-13(10-12)6-8-16(14)7-3-9-17-2/h4-6,8,10,15H,3,7,9,11H2,1-2H3. The van der Waals surface area contributed by atoms with Crippen molar-refractivity contribution in [3.63, 3.8) is 0 Å². The van der Waals surface area contributed by atoms with Gasteiger partial charge < -0.3 is 14.6 Å². The van der Waals surface area contributed by atoms with Crippen LogP contribution in [-0.4, -0.2) is 25.3 Å². The van der Waals surface area contributed by atoms with Crippen LogP contribution in [0.4, 0.5) is 0 Å². The summed E-state index contributed by atoms with van der Waals surface area (Å²) in [6.07, 6.45) is 3.21. The van der Waals surface area contributed by atoms with E-state index in [2.05, 4.69) is 40.3 Å². The molecule has 17 heavy (non-hydrogen) atoms. The number of methoxy groups -OCH3 is 1. The van der Waals surface area contributed by atoms with Crippen LogP contribution in [0.5, 0.6) is 0 Å². The first-order chi connectivity index (χ1) is 8.35. The van der Waals surface area contributed by atoms with Crippen LogP contribution in [0.15, 0.2) is 30.5 Å². The molecule has 0 fully saturated rings. The number of nitrogens with zero attached hydrogens (tertiary/aromatic N) is 1. The molecule has 92 valence electrons. The van der Waals surface area contributed by atoms with E-state index in [0.717, 1.165) is 26.1 Å². The highest BCUT2D eigenvalue weighted by molar-refractivity contribution is 5.80. The van der Waals surface area contributed by atoms with Crippen molar-refractivity contribution in [1.82, 2.24) is 9.88 Å². The third-order valence-corrected chi connectivity index (χ3v) is 2.96. The van der Waals surface area contributed by atoms with E-state index in [0.29, 0.717) is 0 Å². The Hall–Kier alpha value is -1.32. The summed E-state index contributed by atoms with van der Waals surface area (Å²) >= 11 is 0. The van der Waals surface area contributed by atoms with Crippen LogP contribution in [0.3, 0.4) is 0 Å². The Morgan fingerprint density at radius 1 is 1.29 bits per heavy atom. The van der Waals surface area contributed by atoms with E-state index in [1.54, 1.807) is 7.11 Å². The van der Waals surface area contributed by atoms with Crippen LogP contribution in [-0.2, 0) is 17.8 Å². The fourth-order valence-corrected chi connectivity index (χ4v) is 2.14. The van der Waals surface area contributed by atoms with Gasteiger partial charge in [0, 0.05) is 38.5 Å². The Bertz CT molecular complexity index is 476. The van der Waals surface area contributed by atoms with Crippen LogP contribution in [0.25, 0.3) is 10.9 Å². The average molecular weight is 232 g/mol. The van der Waals surface area contributed by atoms with E-state index in [4.69, 9.17) is 4.74 Å². The first-order valence-corrected chi connectivity index (χ1v) is 6.06. The maximum atomic E-state index is 5.08. The van der Waals surface area contributed by atoms with Crippen molar-refractivity contribution in [3.05, 3.63) is 36.0 Å². The quantitative estimate of drug-likeness (QED) is 0.774. The molecule has 0 aliphatic carbocycles. The molecule has 0 saturated carbocycles. The molecule has 3 heteroatoms. The van der Waals surface area contributed by atoms with E-state index in [-0.39, 0.29) is 0 Å². The van der Waals surface area contributed by atoms with Gasteiger partial charge in [-0.05, 0) is 42.6 Å². The largest absolute Gasteiger partial charge is 0.385 e. The topological polar surface area (TPSA) is 26.2 Å². The van der Waals surface area contributed by atoms with Gasteiger partial charge in [0.15, 0.2) is 0 Å². The van der Waals surface area contributed by atoms with Crippen molar-refractivity contribution in [2.75, 3.05) is 20.8 Å². The van der Waals surface area contributed by atoms with Gasteiger partial charge >= 0.3 is 0 Å². The first-order valence-electron chi connectivity index (χ1n) is 6.06. The maximum absolute atomic E-state index is 5.08. The zero-order chi connectivity index (χ0) is 12.1. The second-order valence-electron chi connectivity index (χ2n) is 4.28. The Balaban J connectivity index is 2.16. The van der Waals surface area contributed by atoms with E-state index in [1.807, 2.05) is 7.05 Å². The van der Waals surface area contributed by atoms with Gasteiger partial charge in [0.05, 0.1) is 0 Å². The molecule has 2 aromatic rings. The Labute approximate surface area is 102 Å². The lowest BCUT2D eigenvalue weighted by Crippen LogP contribution is -2.04. The first kappa shape index (κ1) is 12.1. The molecule has 0 radical (unpaired) electrons. The van der Waals surface area contributed by atoms with Crippen molar-refractivity contribution in [2.24, 2.45) is 0 Å². The van der Waals surface area contributed by atoms with Gasteiger partial charge in [-0.15, -0.1) is 0 Å². The van der Waals surface area contributed by atoms with Crippen LogP contribution in [0, 0.1) is 0 Å². The van der Waals surface area contributed by atoms with Crippen LogP contribution in [0.1, 0.15) is 12.0 Å². The van der Waals surface area contributed by atoms with E-state index >= 15 is 0 Å². The number of ether oxygens (including phenoxy) is 1. The maximum Gasteiger partial charge on any atom is 0.0480 e. The smallest absolute Gasteiger partial charge is 0.0480 e. The highest BCUT2D eigenvalue weighted by Gasteiger charge is 2.01.